The minimum atomic E-state index is -1.99. The lowest BCUT2D eigenvalue weighted by atomic mass is 10.1. The van der Waals surface area contributed by atoms with Crippen molar-refractivity contribution in [2.45, 2.75) is 19.6 Å². The summed E-state index contributed by atoms with van der Waals surface area (Å²) >= 11 is 0. The number of hydrogen-bond donors (Lipinski definition) is 0. The highest BCUT2D eigenvalue weighted by atomic mass is 32.3. The van der Waals surface area contributed by atoms with Crippen LogP contribution in [-0.2, 0) is 0 Å². The Labute approximate surface area is 336 Å². The lowest BCUT2D eigenvalue weighted by Crippen LogP contribution is -2.06. The van der Waals surface area contributed by atoms with Gasteiger partial charge in [-0.05, 0) is 103 Å². The molecule has 0 fully saturated rings. The van der Waals surface area contributed by atoms with Crippen molar-refractivity contribution in [1.29, 1.82) is 0 Å². The maximum absolute atomic E-state index is 6.61. The van der Waals surface area contributed by atoms with Crippen LogP contribution in [-0.4, -0.2) is 9.13 Å². The first kappa shape index (κ1) is 32.9. The van der Waals surface area contributed by atoms with Crippen LogP contribution < -0.4 is 0 Å². The maximum atomic E-state index is 6.61. The zero-order valence-electron chi connectivity index (χ0n) is 31.5. The SMILES string of the molecule is c1ccc(-n2c3ccccc3c3ccc(S(c4ccccc4)(c4ccccc4)c4ccc(-n5c6ccccc6c6c7oc8ccccc8c7ccc65)cc4)cc32)cc1. The Morgan fingerprint density at radius 1 is 0.310 bits per heavy atom. The predicted octanol–water partition coefficient (Wildman–Crippen LogP) is 15.1. The van der Waals surface area contributed by atoms with Crippen molar-refractivity contribution >= 4 is 75.6 Å². The van der Waals surface area contributed by atoms with Crippen molar-refractivity contribution in [3.05, 3.63) is 218 Å². The summed E-state index contributed by atoms with van der Waals surface area (Å²) in [6.07, 6.45) is 0. The third-order valence-electron chi connectivity index (χ3n) is 11.8. The quantitative estimate of drug-likeness (QED) is 0.166. The van der Waals surface area contributed by atoms with Gasteiger partial charge in [-0.15, -0.1) is 10.0 Å². The summed E-state index contributed by atoms with van der Waals surface area (Å²) in [5.41, 5.74) is 8.80. The Bertz CT molecular complexity index is 3450. The molecule has 0 saturated carbocycles. The molecule has 3 aromatic heterocycles. The van der Waals surface area contributed by atoms with E-state index < -0.39 is 10.0 Å². The van der Waals surface area contributed by atoms with Gasteiger partial charge in [0.25, 0.3) is 0 Å². The third-order valence-corrected chi connectivity index (χ3v) is 15.7. The summed E-state index contributed by atoms with van der Waals surface area (Å²) < 4.78 is 11.4. The monoisotopic (exact) mass is 760 g/mol. The van der Waals surface area contributed by atoms with E-state index in [2.05, 4.69) is 221 Å². The van der Waals surface area contributed by atoms with Crippen molar-refractivity contribution < 1.29 is 4.42 Å². The van der Waals surface area contributed by atoms with Crippen molar-refractivity contribution in [2.24, 2.45) is 0 Å². The normalized spacial score (nSPS) is 12.4. The van der Waals surface area contributed by atoms with Gasteiger partial charge in [0.2, 0.25) is 0 Å². The van der Waals surface area contributed by atoms with Crippen LogP contribution in [0.3, 0.4) is 0 Å². The zero-order chi connectivity index (χ0) is 38.2. The van der Waals surface area contributed by atoms with Crippen LogP contribution >= 0.6 is 10.0 Å². The fourth-order valence-electron chi connectivity index (χ4n) is 9.37. The van der Waals surface area contributed by atoms with Crippen LogP contribution in [0, 0.1) is 0 Å². The Hall–Kier alpha value is -7.27. The Morgan fingerprint density at radius 3 is 1.50 bits per heavy atom. The second kappa shape index (κ2) is 12.9. The largest absolute Gasteiger partial charge is 0.455 e. The van der Waals surface area contributed by atoms with Crippen molar-refractivity contribution in [3.8, 4) is 11.4 Å². The summed E-state index contributed by atoms with van der Waals surface area (Å²) in [6, 6.07) is 79.9. The molecule has 0 aliphatic rings. The first-order valence-electron chi connectivity index (χ1n) is 19.8. The van der Waals surface area contributed by atoms with Gasteiger partial charge in [-0.2, -0.15) is 0 Å². The Morgan fingerprint density at radius 2 is 0.793 bits per heavy atom. The highest BCUT2D eigenvalue weighted by Crippen LogP contribution is 2.73. The molecule has 0 saturated heterocycles. The number of para-hydroxylation sites is 4. The number of rotatable bonds is 6. The smallest absolute Gasteiger partial charge is 0.145 e. The Balaban J connectivity index is 1.12. The second-order valence-corrected chi connectivity index (χ2v) is 18.0. The molecule has 0 amide bonds. The molecule has 9 aromatic carbocycles. The molecule has 3 heterocycles. The molecular formula is C54H36N2OS. The van der Waals surface area contributed by atoms with Gasteiger partial charge in [0.05, 0.1) is 27.5 Å². The van der Waals surface area contributed by atoms with E-state index in [1.165, 1.54) is 46.8 Å². The van der Waals surface area contributed by atoms with Crippen LogP contribution in [0.5, 0.6) is 0 Å². The van der Waals surface area contributed by atoms with E-state index in [0.29, 0.717) is 0 Å². The summed E-state index contributed by atoms with van der Waals surface area (Å²) in [5.74, 6) is 0. The number of benzene rings is 9. The number of fused-ring (bicyclic) bond motifs is 10. The average Bonchev–Trinajstić information content (AvgIpc) is 3.96. The molecule has 274 valence electrons. The fourth-order valence-corrected chi connectivity index (χ4v) is 13.2. The number of furan rings is 1. The van der Waals surface area contributed by atoms with E-state index in [1.54, 1.807) is 0 Å². The summed E-state index contributed by atoms with van der Waals surface area (Å²) in [4.78, 5) is 5.14. The summed E-state index contributed by atoms with van der Waals surface area (Å²) in [7, 11) is -1.99. The van der Waals surface area contributed by atoms with Crippen molar-refractivity contribution in [2.75, 3.05) is 0 Å². The fraction of sp³-hybridized carbons (Fsp3) is 0. The van der Waals surface area contributed by atoms with Gasteiger partial charge in [-0.25, -0.2) is 0 Å². The van der Waals surface area contributed by atoms with E-state index in [-0.39, 0.29) is 0 Å². The van der Waals surface area contributed by atoms with E-state index in [4.69, 9.17) is 4.42 Å². The number of hydrogen-bond acceptors (Lipinski definition) is 1. The molecule has 58 heavy (non-hydrogen) atoms. The van der Waals surface area contributed by atoms with Gasteiger partial charge in [0.15, 0.2) is 0 Å². The predicted molar refractivity (Wildman–Crippen MR) is 242 cm³/mol. The van der Waals surface area contributed by atoms with Gasteiger partial charge in [-0.1, -0.05) is 115 Å². The van der Waals surface area contributed by atoms with Gasteiger partial charge < -0.3 is 13.6 Å². The Kier molecular flexibility index (Phi) is 7.31. The lowest BCUT2D eigenvalue weighted by molar-refractivity contribution is 0.673. The van der Waals surface area contributed by atoms with Gasteiger partial charge in [-0.3, -0.25) is 0 Å². The molecule has 3 nitrogen and oxygen atoms in total. The van der Waals surface area contributed by atoms with Crippen molar-refractivity contribution in [3.63, 3.8) is 0 Å². The van der Waals surface area contributed by atoms with Crippen LogP contribution in [0.2, 0.25) is 0 Å². The highest BCUT2D eigenvalue weighted by Gasteiger charge is 2.34. The maximum Gasteiger partial charge on any atom is 0.145 e. The van der Waals surface area contributed by atoms with Crippen LogP contribution in [0.1, 0.15) is 0 Å². The van der Waals surface area contributed by atoms with E-state index in [0.717, 1.165) is 49.7 Å². The molecule has 4 heteroatoms. The second-order valence-electron chi connectivity index (χ2n) is 14.9. The van der Waals surface area contributed by atoms with E-state index in [9.17, 15) is 0 Å². The van der Waals surface area contributed by atoms with Crippen molar-refractivity contribution in [1.82, 2.24) is 9.13 Å². The van der Waals surface area contributed by atoms with E-state index >= 15 is 0 Å². The molecular weight excluding hydrogens is 725 g/mol. The molecule has 0 unspecified atom stereocenters. The van der Waals surface area contributed by atoms with Crippen LogP contribution in [0.4, 0.5) is 0 Å². The zero-order valence-corrected chi connectivity index (χ0v) is 32.3. The number of aromatic nitrogens is 2. The molecule has 0 aliphatic carbocycles. The van der Waals surface area contributed by atoms with Crippen LogP contribution in [0.15, 0.2) is 242 Å². The van der Waals surface area contributed by atoms with E-state index in [1.807, 2.05) is 6.07 Å². The van der Waals surface area contributed by atoms with Gasteiger partial charge >= 0.3 is 0 Å². The van der Waals surface area contributed by atoms with Crippen LogP contribution in [0.25, 0.3) is 76.9 Å². The summed E-state index contributed by atoms with van der Waals surface area (Å²) in [5, 5.41) is 7.11. The number of nitrogens with zero attached hydrogens (tertiary/aromatic N) is 2. The highest BCUT2D eigenvalue weighted by molar-refractivity contribution is 8.34. The lowest BCUT2D eigenvalue weighted by Gasteiger charge is -2.42. The average molecular weight is 761 g/mol. The molecule has 0 radical (unpaired) electrons. The topological polar surface area (TPSA) is 23.0 Å². The molecule has 12 rings (SSSR count). The minimum absolute atomic E-state index is 0.912. The molecule has 0 spiro atoms. The minimum Gasteiger partial charge on any atom is -0.455 e. The van der Waals surface area contributed by atoms with Gasteiger partial charge in [0, 0.05) is 57.9 Å². The van der Waals surface area contributed by atoms with Gasteiger partial charge in [0.1, 0.15) is 11.2 Å². The molecule has 0 bridgehead atoms. The summed E-state index contributed by atoms with van der Waals surface area (Å²) in [6.45, 7) is 0. The first-order valence-corrected chi connectivity index (χ1v) is 21.4. The molecule has 0 N–H and O–H groups in total. The standard InChI is InChI=1S/C54H36N2OS/c1-4-16-37(17-5-1)56-48-25-13-10-22-43(48)44-33-32-42(36-51(44)56)58(39-18-6-2-7-19-39,40-20-8-3-9-21-40)41-30-28-38(29-31-41)55-49-26-14-11-24-47(49)53-50(55)35-34-46-45-23-12-15-27-52(45)57-54(46)53/h1-36H. The molecule has 0 aliphatic heterocycles. The first-order chi connectivity index (χ1) is 28.8. The third kappa shape index (κ3) is 4.70. The molecule has 0 atom stereocenters. The molecule has 12 aromatic rings.